The van der Waals surface area contributed by atoms with Crippen LogP contribution in [0.4, 0.5) is 5.82 Å². The fraction of sp³-hybridized carbons (Fsp3) is 0.545. The van der Waals surface area contributed by atoms with Crippen molar-refractivity contribution in [1.82, 2.24) is 14.8 Å². The quantitative estimate of drug-likeness (QED) is 0.787. The first-order valence-corrected chi connectivity index (χ1v) is 11.3. The molecule has 2 aliphatic rings. The van der Waals surface area contributed by atoms with Crippen molar-refractivity contribution in [3.63, 3.8) is 0 Å². The SMILES string of the molecule is C[C@@H]1CCCN(C(=O)c2ccc(N3CCCN(Cc4cccs4)CC3)nc2)C1. The van der Waals surface area contributed by atoms with E-state index in [1.165, 1.54) is 11.3 Å². The van der Waals surface area contributed by atoms with E-state index in [1.807, 2.05) is 28.4 Å². The highest BCUT2D eigenvalue weighted by atomic mass is 32.1. The number of carbonyl (C=O) groups excluding carboxylic acids is 1. The zero-order valence-corrected chi connectivity index (χ0v) is 17.5. The maximum absolute atomic E-state index is 12.7. The smallest absolute Gasteiger partial charge is 0.255 e. The molecule has 0 aliphatic carbocycles. The van der Waals surface area contributed by atoms with Crippen LogP contribution in [0.25, 0.3) is 0 Å². The number of hydrogen-bond acceptors (Lipinski definition) is 5. The lowest BCUT2D eigenvalue weighted by molar-refractivity contribution is 0.0682. The van der Waals surface area contributed by atoms with Crippen LogP contribution in [0.15, 0.2) is 35.8 Å². The van der Waals surface area contributed by atoms with Crippen molar-refractivity contribution in [1.29, 1.82) is 0 Å². The van der Waals surface area contributed by atoms with E-state index in [0.29, 0.717) is 11.5 Å². The number of pyridine rings is 1. The highest BCUT2D eigenvalue weighted by molar-refractivity contribution is 7.09. The monoisotopic (exact) mass is 398 g/mol. The number of rotatable bonds is 4. The molecule has 4 rings (SSSR count). The molecule has 2 aromatic heterocycles. The minimum Gasteiger partial charge on any atom is -0.355 e. The van der Waals surface area contributed by atoms with Gasteiger partial charge in [0.05, 0.1) is 5.56 Å². The molecule has 0 saturated carbocycles. The molecule has 0 N–H and O–H groups in total. The Labute approximate surface area is 172 Å². The Balaban J connectivity index is 1.35. The molecule has 5 nitrogen and oxygen atoms in total. The van der Waals surface area contributed by atoms with Crippen molar-refractivity contribution in [2.75, 3.05) is 44.2 Å². The topological polar surface area (TPSA) is 39.7 Å². The molecule has 2 fully saturated rings. The Hall–Kier alpha value is -1.92. The second kappa shape index (κ2) is 9.05. The molecule has 4 heterocycles. The highest BCUT2D eigenvalue weighted by Crippen LogP contribution is 2.20. The number of aromatic nitrogens is 1. The summed E-state index contributed by atoms with van der Waals surface area (Å²) in [5.74, 6) is 1.71. The minimum absolute atomic E-state index is 0.128. The van der Waals surface area contributed by atoms with Crippen LogP contribution >= 0.6 is 11.3 Å². The van der Waals surface area contributed by atoms with Crippen molar-refractivity contribution < 1.29 is 4.79 Å². The van der Waals surface area contributed by atoms with Crippen LogP contribution in [0, 0.1) is 5.92 Å². The molecular formula is C22H30N4OS. The second-order valence-corrected chi connectivity index (χ2v) is 9.13. The minimum atomic E-state index is 0.128. The largest absolute Gasteiger partial charge is 0.355 e. The Kier molecular flexibility index (Phi) is 6.27. The Bertz CT molecular complexity index is 761. The van der Waals surface area contributed by atoms with E-state index in [0.717, 1.165) is 64.5 Å². The van der Waals surface area contributed by atoms with Gasteiger partial charge in [-0.15, -0.1) is 11.3 Å². The molecule has 0 bridgehead atoms. The van der Waals surface area contributed by atoms with Crippen LogP contribution < -0.4 is 4.90 Å². The van der Waals surface area contributed by atoms with Gasteiger partial charge in [0.2, 0.25) is 0 Å². The van der Waals surface area contributed by atoms with Gasteiger partial charge in [-0.2, -0.15) is 0 Å². The summed E-state index contributed by atoms with van der Waals surface area (Å²) in [6, 6.07) is 8.32. The van der Waals surface area contributed by atoms with Gasteiger partial charge in [-0.3, -0.25) is 9.69 Å². The lowest BCUT2D eigenvalue weighted by Crippen LogP contribution is -2.39. The van der Waals surface area contributed by atoms with Gasteiger partial charge < -0.3 is 9.80 Å². The van der Waals surface area contributed by atoms with Gasteiger partial charge in [0.25, 0.3) is 5.91 Å². The van der Waals surface area contributed by atoms with Crippen LogP contribution in [-0.2, 0) is 6.54 Å². The number of amides is 1. The predicted molar refractivity (Wildman–Crippen MR) is 115 cm³/mol. The first-order chi connectivity index (χ1) is 13.7. The highest BCUT2D eigenvalue weighted by Gasteiger charge is 2.23. The predicted octanol–water partition coefficient (Wildman–Crippen LogP) is 3.73. The summed E-state index contributed by atoms with van der Waals surface area (Å²) in [7, 11) is 0. The van der Waals surface area contributed by atoms with Crippen LogP contribution in [0.1, 0.15) is 41.4 Å². The van der Waals surface area contributed by atoms with E-state index < -0.39 is 0 Å². The molecule has 150 valence electrons. The summed E-state index contributed by atoms with van der Waals surface area (Å²) in [5, 5.41) is 2.15. The number of nitrogens with zero attached hydrogens (tertiary/aromatic N) is 4. The standard InChI is InChI=1S/C22H30N4OS/c1-18-5-2-10-26(16-18)22(27)19-7-8-21(23-15-19)25-11-4-9-24(12-13-25)17-20-6-3-14-28-20/h3,6-8,14-15,18H,2,4-5,9-13,16-17H2,1H3/t18-/m1/s1. The summed E-state index contributed by atoms with van der Waals surface area (Å²) < 4.78 is 0. The van der Waals surface area contributed by atoms with E-state index in [-0.39, 0.29) is 5.91 Å². The molecule has 2 saturated heterocycles. The van der Waals surface area contributed by atoms with Crippen LogP contribution in [0.5, 0.6) is 0 Å². The molecule has 2 aliphatic heterocycles. The fourth-order valence-corrected chi connectivity index (χ4v) is 4.98. The number of thiophene rings is 1. The van der Waals surface area contributed by atoms with E-state index in [2.05, 4.69) is 39.2 Å². The summed E-state index contributed by atoms with van der Waals surface area (Å²) in [4.78, 5) is 25.7. The van der Waals surface area contributed by atoms with Gasteiger partial charge in [0.15, 0.2) is 0 Å². The lowest BCUT2D eigenvalue weighted by atomic mass is 10.00. The molecule has 0 radical (unpaired) electrons. The van der Waals surface area contributed by atoms with E-state index >= 15 is 0 Å². The van der Waals surface area contributed by atoms with Crippen molar-refractivity contribution in [3.8, 4) is 0 Å². The van der Waals surface area contributed by atoms with Gasteiger partial charge in [0, 0.05) is 56.9 Å². The third kappa shape index (κ3) is 4.73. The molecule has 0 unspecified atom stereocenters. The normalized spacial score (nSPS) is 21.5. The summed E-state index contributed by atoms with van der Waals surface area (Å²) in [6.45, 7) is 9.18. The number of likely N-dealkylation sites (tertiary alicyclic amines) is 1. The maximum atomic E-state index is 12.7. The average Bonchev–Trinajstić information content (AvgIpc) is 3.12. The average molecular weight is 399 g/mol. The molecule has 0 spiro atoms. The van der Waals surface area contributed by atoms with Crippen molar-refractivity contribution >= 4 is 23.1 Å². The summed E-state index contributed by atoms with van der Waals surface area (Å²) in [5.41, 5.74) is 0.715. The Morgan fingerprint density at radius 2 is 2.07 bits per heavy atom. The van der Waals surface area contributed by atoms with Crippen molar-refractivity contribution in [3.05, 3.63) is 46.3 Å². The third-order valence-corrected chi connectivity index (χ3v) is 6.67. The molecular weight excluding hydrogens is 368 g/mol. The van der Waals surface area contributed by atoms with Crippen LogP contribution in [0.2, 0.25) is 0 Å². The molecule has 0 aromatic carbocycles. The molecule has 1 atom stereocenters. The van der Waals surface area contributed by atoms with Crippen molar-refractivity contribution in [2.45, 2.75) is 32.7 Å². The maximum Gasteiger partial charge on any atom is 0.255 e. The fourth-order valence-electron chi connectivity index (χ4n) is 4.24. The number of anilines is 1. The first-order valence-electron chi connectivity index (χ1n) is 10.4. The lowest BCUT2D eigenvalue weighted by Gasteiger charge is -2.31. The van der Waals surface area contributed by atoms with Crippen molar-refractivity contribution in [2.24, 2.45) is 5.92 Å². The molecule has 28 heavy (non-hydrogen) atoms. The van der Waals surface area contributed by atoms with Crippen LogP contribution in [0.3, 0.4) is 0 Å². The zero-order chi connectivity index (χ0) is 19.3. The Morgan fingerprint density at radius 1 is 1.14 bits per heavy atom. The van der Waals surface area contributed by atoms with Gasteiger partial charge in [0.1, 0.15) is 5.82 Å². The van der Waals surface area contributed by atoms with E-state index in [1.54, 1.807) is 6.20 Å². The summed E-state index contributed by atoms with van der Waals surface area (Å²) >= 11 is 1.83. The molecule has 2 aromatic rings. The van der Waals surface area contributed by atoms with Gasteiger partial charge >= 0.3 is 0 Å². The number of hydrogen-bond donors (Lipinski definition) is 0. The Morgan fingerprint density at radius 3 is 2.82 bits per heavy atom. The van der Waals surface area contributed by atoms with Gasteiger partial charge in [-0.25, -0.2) is 4.98 Å². The van der Waals surface area contributed by atoms with E-state index in [4.69, 9.17) is 0 Å². The molecule has 6 heteroatoms. The summed E-state index contributed by atoms with van der Waals surface area (Å²) in [6.07, 6.45) is 5.23. The van der Waals surface area contributed by atoms with Gasteiger partial charge in [-0.05, 0) is 48.8 Å². The van der Waals surface area contributed by atoms with E-state index in [9.17, 15) is 4.79 Å². The number of carbonyl (C=O) groups is 1. The second-order valence-electron chi connectivity index (χ2n) is 8.10. The van der Waals surface area contributed by atoms with Crippen LogP contribution in [-0.4, -0.2) is 60.0 Å². The first kappa shape index (κ1) is 19.4. The third-order valence-electron chi connectivity index (χ3n) is 5.81. The number of piperidine rings is 1. The van der Waals surface area contributed by atoms with Gasteiger partial charge in [-0.1, -0.05) is 13.0 Å². The zero-order valence-electron chi connectivity index (χ0n) is 16.7. The molecule has 1 amide bonds.